The maximum absolute atomic E-state index is 11.6. The van der Waals surface area contributed by atoms with Crippen LogP contribution in [0, 0.1) is 5.92 Å². The highest BCUT2D eigenvalue weighted by atomic mass is 16.6. The lowest BCUT2D eigenvalue weighted by Crippen LogP contribution is -2.45. The van der Waals surface area contributed by atoms with E-state index in [1.807, 2.05) is 12.1 Å². The van der Waals surface area contributed by atoms with Gasteiger partial charge in [-0.1, -0.05) is 62.1 Å². The van der Waals surface area contributed by atoms with Crippen molar-refractivity contribution in [2.75, 3.05) is 0 Å². The first-order chi connectivity index (χ1) is 10.8. The first kappa shape index (κ1) is 16.8. The Hall–Kier alpha value is -1.57. The molecule has 1 saturated heterocycles. The molecule has 1 heterocycles. The summed E-state index contributed by atoms with van der Waals surface area (Å²) in [6.07, 6.45) is 12.4. The highest BCUT2D eigenvalue weighted by Crippen LogP contribution is 2.31. The van der Waals surface area contributed by atoms with Crippen molar-refractivity contribution in [3.63, 3.8) is 0 Å². The molecule has 0 saturated carbocycles. The summed E-state index contributed by atoms with van der Waals surface area (Å²) < 4.78 is 5.33. The van der Waals surface area contributed by atoms with Gasteiger partial charge in [0.2, 0.25) is 0 Å². The molecule has 1 aliphatic heterocycles. The fourth-order valence-electron chi connectivity index (χ4n) is 3.10. The second kappa shape index (κ2) is 9.45. The second-order valence-corrected chi connectivity index (χ2v) is 6.24. The predicted octanol–water partition coefficient (Wildman–Crippen LogP) is 5.08. The number of aryl methyl sites for hydroxylation is 1. The fourth-order valence-corrected chi connectivity index (χ4v) is 3.10. The van der Waals surface area contributed by atoms with Crippen molar-refractivity contribution in [1.29, 1.82) is 0 Å². The quantitative estimate of drug-likeness (QED) is 0.324. The summed E-state index contributed by atoms with van der Waals surface area (Å²) in [5.74, 6) is 0.168. The highest BCUT2D eigenvalue weighted by molar-refractivity contribution is 5.78. The topological polar surface area (TPSA) is 26.3 Å². The van der Waals surface area contributed by atoms with Crippen LogP contribution in [0.15, 0.2) is 43.0 Å². The van der Waals surface area contributed by atoms with E-state index in [0.717, 1.165) is 32.1 Å². The minimum absolute atomic E-state index is 0.0183. The van der Waals surface area contributed by atoms with Crippen LogP contribution in [0.25, 0.3) is 0 Å². The summed E-state index contributed by atoms with van der Waals surface area (Å²) >= 11 is 0. The lowest BCUT2D eigenvalue weighted by molar-refractivity contribution is -0.185. The third-order valence-corrected chi connectivity index (χ3v) is 4.50. The third-order valence-electron chi connectivity index (χ3n) is 4.50. The number of hydrogen-bond acceptors (Lipinski definition) is 2. The molecular weight excluding hydrogens is 272 g/mol. The van der Waals surface area contributed by atoms with Crippen LogP contribution in [0.1, 0.15) is 56.9 Å². The average molecular weight is 300 g/mol. The van der Waals surface area contributed by atoms with Gasteiger partial charge < -0.3 is 4.74 Å². The van der Waals surface area contributed by atoms with E-state index in [-0.39, 0.29) is 18.0 Å². The number of benzene rings is 1. The highest BCUT2D eigenvalue weighted by Gasteiger charge is 2.40. The Labute approximate surface area is 134 Å². The molecule has 120 valence electrons. The second-order valence-electron chi connectivity index (χ2n) is 6.24. The molecule has 2 nitrogen and oxygen atoms in total. The summed E-state index contributed by atoms with van der Waals surface area (Å²) in [6, 6.07) is 10.4. The number of esters is 1. The van der Waals surface area contributed by atoms with Gasteiger partial charge in [0, 0.05) is 0 Å². The largest absolute Gasteiger partial charge is 0.461 e. The molecular formula is C20H28O2. The summed E-state index contributed by atoms with van der Waals surface area (Å²) in [4.78, 5) is 11.6. The number of carbonyl (C=O) groups is 1. The van der Waals surface area contributed by atoms with Crippen molar-refractivity contribution in [1.82, 2.24) is 0 Å². The Morgan fingerprint density at radius 2 is 1.73 bits per heavy atom. The molecule has 0 amide bonds. The molecule has 2 unspecified atom stereocenters. The van der Waals surface area contributed by atoms with Crippen LogP contribution in [0.5, 0.6) is 0 Å². The zero-order valence-electron chi connectivity index (χ0n) is 13.5. The minimum Gasteiger partial charge on any atom is -0.461 e. The summed E-state index contributed by atoms with van der Waals surface area (Å²) in [5, 5.41) is 0. The maximum atomic E-state index is 11.6. The van der Waals surface area contributed by atoms with Crippen molar-refractivity contribution >= 4 is 5.97 Å². The van der Waals surface area contributed by atoms with Crippen LogP contribution in [0.4, 0.5) is 0 Å². The molecule has 22 heavy (non-hydrogen) atoms. The van der Waals surface area contributed by atoms with Crippen LogP contribution >= 0.6 is 0 Å². The first-order valence-corrected chi connectivity index (χ1v) is 8.66. The molecule has 0 radical (unpaired) electrons. The van der Waals surface area contributed by atoms with Gasteiger partial charge in [0.05, 0.1) is 5.92 Å². The van der Waals surface area contributed by atoms with Gasteiger partial charge in [-0.25, -0.2) is 0 Å². The number of carbonyl (C=O) groups excluding carboxylic acids is 1. The average Bonchev–Trinajstić information content (AvgIpc) is 2.54. The van der Waals surface area contributed by atoms with Crippen LogP contribution in [-0.2, 0) is 16.0 Å². The van der Waals surface area contributed by atoms with Crippen LogP contribution in [0.2, 0.25) is 0 Å². The van der Waals surface area contributed by atoms with Crippen molar-refractivity contribution in [3.8, 4) is 0 Å². The van der Waals surface area contributed by atoms with E-state index in [1.165, 1.54) is 31.2 Å². The Balaban J connectivity index is 1.59. The molecule has 2 atom stereocenters. The monoisotopic (exact) mass is 300 g/mol. The van der Waals surface area contributed by atoms with E-state index in [0.29, 0.717) is 0 Å². The molecule has 0 aromatic heterocycles. The molecule has 2 rings (SSSR count). The molecule has 0 aliphatic carbocycles. The molecule has 0 N–H and O–H groups in total. The molecule has 0 spiro atoms. The number of ether oxygens (including phenoxy) is 1. The van der Waals surface area contributed by atoms with E-state index < -0.39 is 0 Å². The zero-order valence-corrected chi connectivity index (χ0v) is 13.5. The van der Waals surface area contributed by atoms with E-state index in [1.54, 1.807) is 0 Å². The predicted molar refractivity (Wildman–Crippen MR) is 90.6 cm³/mol. The van der Waals surface area contributed by atoms with E-state index >= 15 is 0 Å². The van der Waals surface area contributed by atoms with Crippen molar-refractivity contribution in [2.24, 2.45) is 5.92 Å². The Bertz CT molecular complexity index is 452. The van der Waals surface area contributed by atoms with Crippen LogP contribution in [-0.4, -0.2) is 12.1 Å². The van der Waals surface area contributed by atoms with Gasteiger partial charge in [0.15, 0.2) is 0 Å². The molecule has 1 aliphatic rings. The number of hydrogen-bond donors (Lipinski definition) is 0. The summed E-state index contributed by atoms with van der Waals surface area (Å²) in [6.45, 7) is 3.74. The van der Waals surface area contributed by atoms with Gasteiger partial charge in [-0.15, -0.1) is 6.58 Å². The van der Waals surface area contributed by atoms with Crippen LogP contribution in [0.3, 0.4) is 0 Å². The lowest BCUT2D eigenvalue weighted by Gasteiger charge is -2.35. The van der Waals surface area contributed by atoms with Gasteiger partial charge in [0.1, 0.15) is 6.10 Å². The smallest absolute Gasteiger partial charge is 0.313 e. The van der Waals surface area contributed by atoms with Gasteiger partial charge in [0.25, 0.3) is 0 Å². The molecule has 2 heteroatoms. The minimum atomic E-state index is 0.0183. The normalized spacial score (nSPS) is 20.3. The molecule has 1 fully saturated rings. The number of unbranched alkanes of at least 4 members (excludes halogenated alkanes) is 5. The fraction of sp³-hybridized carbons (Fsp3) is 0.550. The van der Waals surface area contributed by atoms with Gasteiger partial charge in [-0.2, -0.15) is 0 Å². The van der Waals surface area contributed by atoms with Crippen LogP contribution < -0.4 is 0 Å². The number of allylic oxidation sites excluding steroid dienone is 1. The SMILES string of the molecule is C=CCCCCCCCC1C(=O)OC1CCc1ccccc1. The first-order valence-electron chi connectivity index (χ1n) is 8.66. The van der Waals surface area contributed by atoms with Crippen molar-refractivity contribution in [2.45, 2.75) is 63.9 Å². The van der Waals surface area contributed by atoms with E-state index in [2.05, 4.69) is 30.8 Å². The van der Waals surface area contributed by atoms with E-state index in [9.17, 15) is 4.79 Å². The van der Waals surface area contributed by atoms with Gasteiger partial charge in [-0.3, -0.25) is 4.79 Å². The van der Waals surface area contributed by atoms with Gasteiger partial charge >= 0.3 is 5.97 Å². The Kier molecular flexibility index (Phi) is 7.21. The summed E-state index contributed by atoms with van der Waals surface area (Å²) in [5.41, 5.74) is 1.33. The van der Waals surface area contributed by atoms with Crippen molar-refractivity contribution < 1.29 is 9.53 Å². The Morgan fingerprint density at radius 1 is 1.00 bits per heavy atom. The molecule has 0 bridgehead atoms. The zero-order chi connectivity index (χ0) is 15.6. The maximum Gasteiger partial charge on any atom is 0.313 e. The van der Waals surface area contributed by atoms with Gasteiger partial charge in [-0.05, 0) is 37.7 Å². The standard InChI is InChI=1S/C20H28O2/c1-2-3-4-5-6-7-11-14-18-19(22-20(18)21)16-15-17-12-9-8-10-13-17/h2,8-10,12-13,18-19H,1,3-7,11,14-16H2. The third kappa shape index (κ3) is 5.32. The number of cyclic esters (lactones) is 1. The lowest BCUT2D eigenvalue weighted by atomic mass is 9.87. The van der Waals surface area contributed by atoms with Crippen molar-refractivity contribution in [3.05, 3.63) is 48.6 Å². The molecule has 1 aromatic rings. The Morgan fingerprint density at radius 3 is 2.45 bits per heavy atom. The number of rotatable bonds is 11. The van der Waals surface area contributed by atoms with E-state index in [4.69, 9.17) is 4.74 Å². The molecule has 1 aromatic carbocycles. The summed E-state index contributed by atoms with van der Waals surface area (Å²) in [7, 11) is 0.